The van der Waals surface area contributed by atoms with Crippen molar-refractivity contribution in [3.05, 3.63) is 103 Å². The monoisotopic (exact) mass is 353 g/mol. The van der Waals surface area contributed by atoms with E-state index >= 15 is 0 Å². The Balaban J connectivity index is 1.47. The van der Waals surface area contributed by atoms with Crippen LogP contribution in [0.2, 0.25) is 0 Å². The molecular formula is C25H21O2. The minimum atomic E-state index is 0.784. The summed E-state index contributed by atoms with van der Waals surface area (Å²) in [4.78, 5) is 0. The second-order valence-electron chi connectivity index (χ2n) is 6.44. The van der Waals surface area contributed by atoms with Crippen LogP contribution >= 0.6 is 0 Å². The summed E-state index contributed by atoms with van der Waals surface area (Å²) in [5.41, 5.74) is 1.33. The van der Waals surface area contributed by atoms with Crippen LogP contribution in [0.25, 0.3) is 10.8 Å². The Kier molecular flexibility index (Phi) is 5.06. The molecule has 1 radical (unpaired) electrons. The summed E-state index contributed by atoms with van der Waals surface area (Å²) in [5, 5.41) is 2.41. The molecule has 0 heterocycles. The number of rotatable bonds is 6. The maximum atomic E-state index is 6.01. The van der Waals surface area contributed by atoms with Gasteiger partial charge in [0.05, 0.1) is 0 Å². The lowest BCUT2D eigenvalue weighted by Crippen LogP contribution is -1.87. The zero-order valence-corrected chi connectivity index (χ0v) is 15.3. The predicted molar refractivity (Wildman–Crippen MR) is 111 cm³/mol. The molecule has 0 unspecified atom stereocenters. The number of para-hydroxylation sites is 1. The van der Waals surface area contributed by atoms with Crippen molar-refractivity contribution in [3.63, 3.8) is 0 Å². The van der Waals surface area contributed by atoms with Crippen LogP contribution in [0.5, 0.6) is 23.0 Å². The molecule has 0 aliphatic heterocycles. The minimum Gasteiger partial charge on any atom is -0.457 e. The first-order valence-corrected chi connectivity index (χ1v) is 9.11. The first-order chi connectivity index (χ1) is 13.3. The summed E-state index contributed by atoms with van der Waals surface area (Å²) in [6.07, 6.45) is 3.16. The van der Waals surface area contributed by atoms with E-state index in [9.17, 15) is 0 Å². The van der Waals surface area contributed by atoms with Gasteiger partial charge in [0.2, 0.25) is 0 Å². The van der Waals surface area contributed by atoms with Crippen molar-refractivity contribution >= 4 is 10.8 Å². The van der Waals surface area contributed by atoms with Gasteiger partial charge in [0.1, 0.15) is 23.0 Å². The molecule has 4 aromatic carbocycles. The van der Waals surface area contributed by atoms with Crippen molar-refractivity contribution in [2.75, 3.05) is 0 Å². The zero-order chi connectivity index (χ0) is 18.5. The molecule has 0 bridgehead atoms. The number of hydrogen-bond acceptors (Lipinski definition) is 2. The SMILES string of the molecule is C[CH]Cc1ccc2cc(Oc3ccc(Oc4ccccc4)cc3)ccc2c1. The van der Waals surface area contributed by atoms with Gasteiger partial charge in [-0.25, -0.2) is 0 Å². The third kappa shape index (κ3) is 4.29. The highest BCUT2D eigenvalue weighted by atomic mass is 16.5. The molecular weight excluding hydrogens is 332 g/mol. The van der Waals surface area contributed by atoms with Gasteiger partial charge in [-0.3, -0.25) is 0 Å². The molecule has 0 spiro atoms. The van der Waals surface area contributed by atoms with Crippen LogP contribution in [0.1, 0.15) is 12.5 Å². The van der Waals surface area contributed by atoms with E-state index in [1.54, 1.807) is 0 Å². The highest BCUT2D eigenvalue weighted by Crippen LogP contribution is 2.29. The van der Waals surface area contributed by atoms with Crippen LogP contribution < -0.4 is 9.47 Å². The van der Waals surface area contributed by atoms with Crippen molar-refractivity contribution in [2.24, 2.45) is 0 Å². The van der Waals surface area contributed by atoms with E-state index < -0.39 is 0 Å². The lowest BCUT2D eigenvalue weighted by Gasteiger charge is -2.09. The molecule has 0 saturated heterocycles. The molecule has 0 aliphatic rings. The number of benzene rings is 4. The third-order valence-electron chi connectivity index (χ3n) is 4.35. The van der Waals surface area contributed by atoms with Gasteiger partial charge >= 0.3 is 0 Å². The van der Waals surface area contributed by atoms with Crippen LogP contribution in [0, 0.1) is 6.42 Å². The molecule has 2 nitrogen and oxygen atoms in total. The van der Waals surface area contributed by atoms with Crippen LogP contribution in [-0.2, 0) is 6.42 Å². The average molecular weight is 353 g/mol. The third-order valence-corrected chi connectivity index (χ3v) is 4.35. The molecule has 0 N–H and O–H groups in total. The van der Waals surface area contributed by atoms with E-state index in [0.29, 0.717) is 0 Å². The standard InChI is InChI=1S/C25H21O2/c1-2-6-19-9-10-21-18-25(12-11-20(21)17-19)27-24-15-13-23(14-16-24)26-22-7-4-3-5-8-22/h2-5,7-18H,6H2,1H3. The second-order valence-corrected chi connectivity index (χ2v) is 6.44. The Morgan fingerprint density at radius 3 is 1.85 bits per heavy atom. The maximum absolute atomic E-state index is 6.01. The van der Waals surface area contributed by atoms with Crippen LogP contribution in [0.4, 0.5) is 0 Å². The molecule has 0 saturated carbocycles. The molecule has 2 heteroatoms. The Labute approximate surface area is 160 Å². The van der Waals surface area contributed by atoms with Crippen molar-refractivity contribution in [3.8, 4) is 23.0 Å². The Hall–Kier alpha value is -3.26. The minimum absolute atomic E-state index is 0.784. The number of hydrogen-bond donors (Lipinski definition) is 0. The lowest BCUT2D eigenvalue weighted by molar-refractivity contribution is 0.469. The van der Waals surface area contributed by atoms with E-state index in [-0.39, 0.29) is 0 Å². The van der Waals surface area contributed by atoms with Crippen molar-refractivity contribution in [1.29, 1.82) is 0 Å². The molecule has 4 rings (SSSR count). The van der Waals surface area contributed by atoms with E-state index in [4.69, 9.17) is 9.47 Å². The van der Waals surface area contributed by atoms with E-state index in [0.717, 1.165) is 29.4 Å². The van der Waals surface area contributed by atoms with Crippen LogP contribution in [-0.4, -0.2) is 0 Å². The summed E-state index contributed by atoms with van der Waals surface area (Å²) in [7, 11) is 0. The second kappa shape index (κ2) is 7.96. The average Bonchev–Trinajstić information content (AvgIpc) is 2.71. The molecule has 133 valence electrons. The van der Waals surface area contributed by atoms with Gasteiger partial charge in [0.15, 0.2) is 0 Å². The largest absolute Gasteiger partial charge is 0.457 e. The fourth-order valence-corrected chi connectivity index (χ4v) is 3.04. The Bertz CT molecular complexity index is 1020. The fourth-order valence-electron chi connectivity index (χ4n) is 3.04. The molecule has 0 fully saturated rings. The molecule has 27 heavy (non-hydrogen) atoms. The smallest absolute Gasteiger partial charge is 0.128 e. The predicted octanol–water partition coefficient (Wildman–Crippen LogP) is 7.19. The first kappa shape index (κ1) is 17.2. The molecule has 0 aliphatic carbocycles. The summed E-state index contributed by atoms with van der Waals surface area (Å²) in [6.45, 7) is 2.08. The van der Waals surface area contributed by atoms with Crippen LogP contribution in [0.15, 0.2) is 91.0 Å². The fraction of sp³-hybridized carbons (Fsp3) is 0.0800. The summed E-state index contributed by atoms with van der Waals surface area (Å²) in [5.74, 6) is 3.22. The molecule has 0 aromatic heterocycles. The quantitative estimate of drug-likeness (QED) is 0.365. The van der Waals surface area contributed by atoms with Crippen LogP contribution in [0.3, 0.4) is 0 Å². The first-order valence-electron chi connectivity index (χ1n) is 9.11. The van der Waals surface area contributed by atoms with Gasteiger partial charge in [-0.2, -0.15) is 0 Å². The Morgan fingerprint density at radius 1 is 0.593 bits per heavy atom. The number of fused-ring (bicyclic) bond motifs is 1. The van der Waals surface area contributed by atoms with Gasteiger partial charge in [0.25, 0.3) is 0 Å². The van der Waals surface area contributed by atoms with E-state index in [2.05, 4.69) is 43.7 Å². The van der Waals surface area contributed by atoms with Crippen molar-refractivity contribution in [1.82, 2.24) is 0 Å². The van der Waals surface area contributed by atoms with E-state index in [1.807, 2.05) is 60.7 Å². The molecule has 0 atom stereocenters. The van der Waals surface area contributed by atoms with Gasteiger partial charge in [-0.15, -0.1) is 0 Å². The molecule has 4 aromatic rings. The van der Waals surface area contributed by atoms with Crippen molar-refractivity contribution < 1.29 is 9.47 Å². The van der Waals surface area contributed by atoms with Gasteiger partial charge in [-0.1, -0.05) is 49.4 Å². The van der Waals surface area contributed by atoms with Crippen molar-refractivity contribution in [2.45, 2.75) is 13.3 Å². The van der Waals surface area contributed by atoms with E-state index in [1.165, 1.54) is 16.3 Å². The Morgan fingerprint density at radius 2 is 1.15 bits per heavy atom. The summed E-state index contributed by atoms with van der Waals surface area (Å²) in [6, 6.07) is 30.2. The molecule has 0 amide bonds. The topological polar surface area (TPSA) is 18.5 Å². The zero-order valence-electron chi connectivity index (χ0n) is 15.3. The van der Waals surface area contributed by atoms with Gasteiger partial charge in [0, 0.05) is 0 Å². The lowest BCUT2D eigenvalue weighted by atomic mass is 10.0. The van der Waals surface area contributed by atoms with Gasteiger partial charge in [-0.05, 0) is 77.7 Å². The number of ether oxygens (including phenoxy) is 2. The van der Waals surface area contributed by atoms with Gasteiger partial charge < -0.3 is 9.47 Å². The maximum Gasteiger partial charge on any atom is 0.128 e. The summed E-state index contributed by atoms with van der Waals surface area (Å²) >= 11 is 0. The highest BCUT2D eigenvalue weighted by molar-refractivity contribution is 5.84. The normalized spacial score (nSPS) is 10.7. The summed E-state index contributed by atoms with van der Waals surface area (Å²) < 4.78 is 11.8. The highest BCUT2D eigenvalue weighted by Gasteiger charge is 2.03.